The molecule has 2 fully saturated rings. The normalized spacial score (nSPS) is 26.0. The molecule has 1 saturated heterocycles. The van der Waals surface area contributed by atoms with Gasteiger partial charge in [-0.25, -0.2) is 4.79 Å². The molecule has 0 unspecified atom stereocenters. The van der Waals surface area contributed by atoms with Gasteiger partial charge in [0.05, 0.1) is 6.54 Å². The highest BCUT2D eigenvalue weighted by Gasteiger charge is 2.53. The summed E-state index contributed by atoms with van der Waals surface area (Å²) >= 11 is 0. The summed E-state index contributed by atoms with van der Waals surface area (Å²) in [4.78, 5) is 26.7. The van der Waals surface area contributed by atoms with E-state index in [0.29, 0.717) is 24.5 Å². The predicted molar refractivity (Wildman–Crippen MR) is 112 cm³/mol. The van der Waals surface area contributed by atoms with Crippen LogP contribution in [0.15, 0.2) is 24.3 Å². The van der Waals surface area contributed by atoms with E-state index in [0.717, 1.165) is 29.7 Å². The van der Waals surface area contributed by atoms with Crippen LogP contribution in [0.2, 0.25) is 0 Å². The monoisotopic (exact) mass is 402 g/mol. The van der Waals surface area contributed by atoms with Crippen molar-refractivity contribution in [3.05, 3.63) is 29.8 Å². The number of hydrogen-bond donors (Lipinski definition) is 2. The number of nitrogens with one attached hydrogen (secondary N) is 1. The first-order valence-corrected chi connectivity index (χ1v) is 10.7. The zero-order valence-corrected chi connectivity index (χ0v) is 18.0. The van der Waals surface area contributed by atoms with Crippen LogP contribution in [0.1, 0.15) is 58.4 Å². The third kappa shape index (κ3) is 4.58. The molecule has 3 amide bonds. The lowest BCUT2D eigenvalue weighted by Crippen LogP contribution is -2.51. The van der Waals surface area contributed by atoms with Gasteiger partial charge in [0.15, 0.2) is 0 Å². The maximum absolute atomic E-state index is 13.1. The van der Waals surface area contributed by atoms with Gasteiger partial charge in [0, 0.05) is 0 Å². The van der Waals surface area contributed by atoms with E-state index < -0.39 is 17.7 Å². The van der Waals surface area contributed by atoms with Gasteiger partial charge in [-0.3, -0.25) is 9.69 Å². The van der Waals surface area contributed by atoms with E-state index in [-0.39, 0.29) is 24.5 Å². The first kappa shape index (κ1) is 21.6. The van der Waals surface area contributed by atoms with Crippen molar-refractivity contribution in [1.29, 1.82) is 0 Å². The van der Waals surface area contributed by atoms with Gasteiger partial charge < -0.3 is 15.2 Å². The molecular weight excluding hydrogens is 368 g/mol. The molecule has 1 heterocycles. The molecule has 2 aliphatic rings. The number of aliphatic hydroxyl groups is 1. The summed E-state index contributed by atoms with van der Waals surface area (Å²) in [5, 5.41) is 13.3. The fourth-order valence-electron chi connectivity index (χ4n) is 4.45. The molecule has 1 aliphatic heterocycles. The van der Waals surface area contributed by atoms with Crippen LogP contribution >= 0.6 is 0 Å². The largest absolute Gasteiger partial charge is 0.491 e. The van der Waals surface area contributed by atoms with Crippen molar-refractivity contribution in [2.45, 2.75) is 71.4 Å². The number of benzene rings is 1. The Kier molecular flexibility index (Phi) is 6.22. The number of ether oxygens (including phenoxy) is 1. The Morgan fingerprint density at radius 1 is 1.24 bits per heavy atom. The molecule has 1 aromatic rings. The topological polar surface area (TPSA) is 78.9 Å². The van der Waals surface area contributed by atoms with Gasteiger partial charge in [-0.2, -0.15) is 0 Å². The number of amides is 3. The van der Waals surface area contributed by atoms with E-state index in [1.165, 1.54) is 0 Å². The fourth-order valence-corrected chi connectivity index (χ4v) is 4.45. The van der Waals surface area contributed by atoms with Crippen LogP contribution in [0.25, 0.3) is 0 Å². The second-order valence-electron chi connectivity index (χ2n) is 9.32. The number of β-amino-alcohol motifs (C(OH)–C–C–N with tert-alkyl or cyclic N) is 1. The average Bonchev–Trinajstić information content (AvgIpc) is 2.92. The SMILES string of the molecule is CCC(C)(C)C1CCC2(CC1)NC(=O)N(C[C@H](O)COc1ccc(C)cc1)C2=O. The summed E-state index contributed by atoms with van der Waals surface area (Å²) in [5.74, 6) is 1.01. The first-order chi connectivity index (χ1) is 13.7. The smallest absolute Gasteiger partial charge is 0.325 e. The number of aliphatic hydroxyl groups excluding tert-OH is 1. The summed E-state index contributed by atoms with van der Waals surface area (Å²) in [6.07, 6.45) is 3.36. The number of urea groups is 1. The van der Waals surface area contributed by atoms with Crippen LogP contribution in [-0.4, -0.2) is 46.7 Å². The maximum atomic E-state index is 13.1. The third-order valence-electron chi connectivity index (χ3n) is 6.96. The lowest BCUT2D eigenvalue weighted by molar-refractivity contribution is -0.134. The molecule has 1 saturated carbocycles. The van der Waals surface area contributed by atoms with Gasteiger partial charge >= 0.3 is 6.03 Å². The van der Waals surface area contributed by atoms with Crippen molar-refractivity contribution in [3.63, 3.8) is 0 Å². The first-order valence-electron chi connectivity index (χ1n) is 10.7. The van der Waals surface area contributed by atoms with Crippen molar-refractivity contribution in [2.75, 3.05) is 13.2 Å². The molecule has 6 heteroatoms. The second kappa shape index (κ2) is 8.34. The van der Waals surface area contributed by atoms with Gasteiger partial charge in [0.1, 0.15) is 24.0 Å². The van der Waals surface area contributed by atoms with Crippen molar-refractivity contribution in [3.8, 4) is 5.75 Å². The Bertz CT molecular complexity index is 736. The predicted octanol–water partition coefficient (Wildman–Crippen LogP) is 3.65. The Morgan fingerprint density at radius 3 is 2.45 bits per heavy atom. The Labute approximate surface area is 173 Å². The number of carbonyl (C=O) groups excluding carboxylic acids is 2. The number of rotatable bonds is 7. The molecule has 0 bridgehead atoms. The van der Waals surface area contributed by atoms with Gasteiger partial charge in [-0.15, -0.1) is 0 Å². The van der Waals surface area contributed by atoms with Crippen LogP contribution in [-0.2, 0) is 4.79 Å². The number of nitrogens with zero attached hydrogens (tertiary/aromatic N) is 1. The standard InChI is InChI=1S/C23H34N2O4/c1-5-22(3,4)17-10-12-23(13-11-17)20(27)25(21(28)24-23)14-18(26)15-29-19-8-6-16(2)7-9-19/h6-9,17-18,26H,5,10-15H2,1-4H3,(H,24,28)/t17?,18-,23?/m0/s1. The number of carbonyl (C=O) groups is 2. The molecule has 1 spiro atoms. The van der Waals surface area contributed by atoms with Gasteiger partial charge in [-0.05, 0) is 56.1 Å². The summed E-state index contributed by atoms with van der Waals surface area (Å²) < 4.78 is 5.58. The number of aryl methyl sites for hydroxylation is 1. The molecule has 1 atom stereocenters. The quantitative estimate of drug-likeness (QED) is 0.683. The molecule has 3 rings (SSSR count). The summed E-state index contributed by atoms with van der Waals surface area (Å²) in [6.45, 7) is 8.72. The number of imide groups is 1. The summed E-state index contributed by atoms with van der Waals surface area (Å²) in [7, 11) is 0. The van der Waals surface area contributed by atoms with Gasteiger partial charge in [-0.1, -0.05) is 44.9 Å². The molecule has 160 valence electrons. The van der Waals surface area contributed by atoms with E-state index >= 15 is 0 Å². The van der Waals surface area contributed by atoms with E-state index in [4.69, 9.17) is 4.74 Å². The van der Waals surface area contributed by atoms with Crippen LogP contribution in [0.3, 0.4) is 0 Å². The molecule has 0 aromatic heterocycles. The molecule has 1 aromatic carbocycles. The van der Waals surface area contributed by atoms with E-state index in [2.05, 4.69) is 26.1 Å². The second-order valence-corrected chi connectivity index (χ2v) is 9.32. The lowest BCUT2D eigenvalue weighted by Gasteiger charge is -2.42. The lowest BCUT2D eigenvalue weighted by atomic mass is 9.65. The summed E-state index contributed by atoms with van der Waals surface area (Å²) in [6, 6.07) is 7.12. The Morgan fingerprint density at radius 2 is 1.86 bits per heavy atom. The molecule has 0 radical (unpaired) electrons. The highest BCUT2D eigenvalue weighted by molar-refractivity contribution is 6.07. The summed E-state index contributed by atoms with van der Waals surface area (Å²) in [5.41, 5.74) is 0.574. The molecule has 2 N–H and O–H groups in total. The van der Waals surface area contributed by atoms with Gasteiger partial charge in [0.2, 0.25) is 0 Å². The van der Waals surface area contributed by atoms with Crippen LogP contribution < -0.4 is 10.1 Å². The van der Waals surface area contributed by atoms with E-state index in [1.807, 2.05) is 31.2 Å². The van der Waals surface area contributed by atoms with E-state index in [1.54, 1.807) is 0 Å². The average molecular weight is 403 g/mol. The van der Waals surface area contributed by atoms with Gasteiger partial charge in [0.25, 0.3) is 5.91 Å². The van der Waals surface area contributed by atoms with Crippen molar-refractivity contribution < 1.29 is 19.4 Å². The zero-order valence-electron chi connectivity index (χ0n) is 18.0. The highest BCUT2D eigenvalue weighted by atomic mass is 16.5. The number of hydrogen-bond acceptors (Lipinski definition) is 4. The van der Waals surface area contributed by atoms with Crippen LogP contribution in [0.5, 0.6) is 5.75 Å². The van der Waals surface area contributed by atoms with Crippen molar-refractivity contribution in [1.82, 2.24) is 10.2 Å². The molecular formula is C23H34N2O4. The molecule has 6 nitrogen and oxygen atoms in total. The molecule has 1 aliphatic carbocycles. The van der Waals surface area contributed by atoms with Crippen LogP contribution in [0.4, 0.5) is 4.79 Å². The Hall–Kier alpha value is -2.08. The fraction of sp³-hybridized carbons (Fsp3) is 0.652. The zero-order chi connectivity index (χ0) is 21.2. The minimum atomic E-state index is -0.934. The minimum absolute atomic E-state index is 0.0277. The van der Waals surface area contributed by atoms with Crippen LogP contribution in [0, 0.1) is 18.3 Å². The van der Waals surface area contributed by atoms with Crippen molar-refractivity contribution >= 4 is 11.9 Å². The molecule has 29 heavy (non-hydrogen) atoms. The highest BCUT2D eigenvalue weighted by Crippen LogP contribution is 2.45. The van der Waals surface area contributed by atoms with Crippen molar-refractivity contribution in [2.24, 2.45) is 11.3 Å². The van der Waals surface area contributed by atoms with E-state index in [9.17, 15) is 14.7 Å². The third-order valence-corrected chi connectivity index (χ3v) is 6.96. The maximum Gasteiger partial charge on any atom is 0.325 e. The minimum Gasteiger partial charge on any atom is -0.491 e. The Balaban J connectivity index is 1.56.